The van der Waals surface area contributed by atoms with Gasteiger partial charge in [-0.1, -0.05) is 0 Å². The molecule has 1 aliphatic heterocycles. The Hall–Kier alpha value is -3.20. The normalized spacial score (nSPS) is 14.6. The molecule has 2 amide bonds. The fourth-order valence-electron chi connectivity index (χ4n) is 2.89. The van der Waals surface area contributed by atoms with Gasteiger partial charge in [-0.25, -0.2) is 0 Å². The Morgan fingerprint density at radius 1 is 1.16 bits per heavy atom. The number of anilines is 1. The number of carbonyl (C=O) groups is 2. The van der Waals surface area contributed by atoms with Crippen molar-refractivity contribution in [2.45, 2.75) is 12.8 Å². The minimum absolute atomic E-state index is 0.0425. The lowest BCUT2D eigenvalue weighted by atomic mass is 9.95. The highest BCUT2D eigenvalue weighted by atomic mass is 16.2. The zero-order valence-corrected chi connectivity index (χ0v) is 13.7. The van der Waals surface area contributed by atoms with Crippen LogP contribution in [0.1, 0.15) is 28.8 Å². The van der Waals surface area contributed by atoms with Crippen molar-refractivity contribution in [2.75, 3.05) is 18.4 Å². The Kier molecular flexibility index (Phi) is 5.05. The zero-order valence-electron chi connectivity index (χ0n) is 13.7. The number of aromatic nitrogens is 1. The van der Waals surface area contributed by atoms with Crippen LogP contribution in [0.5, 0.6) is 0 Å². The SMILES string of the molecule is N#Cc1ccc(NC(=O)C2CCN(C(=O)c3cccnc3)CC2)cc1. The number of pyridine rings is 1. The van der Waals surface area contributed by atoms with Gasteiger partial charge in [-0.3, -0.25) is 14.6 Å². The first kappa shape index (κ1) is 16.7. The molecule has 6 nitrogen and oxygen atoms in total. The van der Waals surface area contributed by atoms with Crippen molar-refractivity contribution in [1.29, 1.82) is 5.26 Å². The third-order valence-corrected chi connectivity index (χ3v) is 4.34. The number of likely N-dealkylation sites (tertiary alicyclic amines) is 1. The van der Waals surface area contributed by atoms with Crippen molar-refractivity contribution in [3.63, 3.8) is 0 Å². The van der Waals surface area contributed by atoms with E-state index < -0.39 is 0 Å². The molecule has 0 bridgehead atoms. The predicted octanol–water partition coefficient (Wildman–Crippen LogP) is 2.44. The maximum absolute atomic E-state index is 12.4. The smallest absolute Gasteiger partial charge is 0.255 e. The number of amides is 2. The van der Waals surface area contributed by atoms with Gasteiger partial charge in [0.25, 0.3) is 5.91 Å². The van der Waals surface area contributed by atoms with Gasteiger partial charge < -0.3 is 10.2 Å². The standard InChI is InChI=1S/C19H18N4O2/c20-12-14-3-5-17(6-4-14)22-18(24)15-7-10-23(11-8-15)19(25)16-2-1-9-21-13-16/h1-6,9,13,15H,7-8,10-11H2,(H,22,24). The number of hydrogen-bond donors (Lipinski definition) is 1. The quantitative estimate of drug-likeness (QED) is 0.934. The van der Waals surface area contributed by atoms with Crippen molar-refractivity contribution in [2.24, 2.45) is 5.92 Å². The van der Waals surface area contributed by atoms with Gasteiger partial charge in [-0.2, -0.15) is 5.26 Å². The number of carbonyl (C=O) groups excluding carboxylic acids is 2. The molecule has 0 radical (unpaired) electrons. The average molecular weight is 334 g/mol. The summed E-state index contributed by atoms with van der Waals surface area (Å²) in [6, 6.07) is 12.3. The van der Waals surface area contributed by atoms with Gasteiger partial charge in [0.15, 0.2) is 0 Å². The van der Waals surface area contributed by atoms with Crippen molar-refractivity contribution in [1.82, 2.24) is 9.88 Å². The molecule has 1 aromatic heterocycles. The first-order chi connectivity index (χ1) is 12.2. The highest BCUT2D eigenvalue weighted by Gasteiger charge is 2.27. The first-order valence-corrected chi connectivity index (χ1v) is 8.17. The molecule has 2 aromatic rings. The average Bonchev–Trinajstić information content (AvgIpc) is 2.69. The highest BCUT2D eigenvalue weighted by Crippen LogP contribution is 2.21. The highest BCUT2D eigenvalue weighted by molar-refractivity contribution is 5.95. The summed E-state index contributed by atoms with van der Waals surface area (Å²) in [5.74, 6) is -0.203. The van der Waals surface area contributed by atoms with Crippen LogP contribution in [0.15, 0.2) is 48.8 Å². The molecule has 6 heteroatoms. The molecule has 3 rings (SSSR count). The second-order valence-electron chi connectivity index (χ2n) is 5.99. The molecule has 1 fully saturated rings. The van der Waals surface area contributed by atoms with E-state index in [0.29, 0.717) is 42.7 Å². The molecule has 0 atom stereocenters. The van der Waals surface area contributed by atoms with Crippen LogP contribution in [0.3, 0.4) is 0 Å². The van der Waals surface area contributed by atoms with Crippen LogP contribution < -0.4 is 5.32 Å². The first-order valence-electron chi connectivity index (χ1n) is 8.17. The third kappa shape index (κ3) is 4.01. The molecule has 1 aromatic carbocycles. The van der Waals surface area contributed by atoms with E-state index in [0.717, 1.165) is 0 Å². The number of nitriles is 1. The fraction of sp³-hybridized carbons (Fsp3) is 0.263. The van der Waals surface area contributed by atoms with E-state index in [-0.39, 0.29) is 17.7 Å². The van der Waals surface area contributed by atoms with Crippen molar-refractivity contribution in [3.05, 3.63) is 59.9 Å². The van der Waals surface area contributed by atoms with Crippen LogP contribution >= 0.6 is 0 Å². The molecular formula is C19H18N4O2. The minimum atomic E-state index is -0.117. The topological polar surface area (TPSA) is 86.1 Å². The molecule has 1 saturated heterocycles. The zero-order chi connectivity index (χ0) is 17.6. The van der Waals surface area contributed by atoms with Crippen LogP contribution in [0.4, 0.5) is 5.69 Å². The van der Waals surface area contributed by atoms with Gasteiger partial charge >= 0.3 is 0 Å². The lowest BCUT2D eigenvalue weighted by Crippen LogP contribution is -2.41. The monoisotopic (exact) mass is 334 g/mol. The maximum Gasteiger partial charge on any atom is 0.255 e. The van der Waals surface area contributed by atoms with E-state index in [2.05, 4.69) is 10.3 Å². The van der Waals surface area contributed by atoms with Crippen LogP contribution in [0, 0.1) is 17.2 Å². The van der Waals surface area contributed by atoms with E-state index >= 15 is 0 Å². The van der Waals surface area contributed by atoms with E-state index in [1.54, 1.807) is 53.7 Å². The summed E-state index contributed by atoms with van der Waals surface area (Å²) in [4.78, 5) is 30.5. The van der Waals surface area contributed by atoms with Crippen molar-refractivity contribution >= 4 is 17.5 Å². The second kappa shape index (κ2) is 7.58. The van der Waals surface area contributed by atoms with E-state index in [9.17, 15) is 9.59 Å². The van der Waals surface area contributed by atoms with E-state index in [4.69, 9.17) is 5.26 Å². The molecule has 0 aliphatic carbocycles. The maximum atomic E-state index is 12.4. The predicted molar refractivity (Wildman–Crippen MR) is 92.7 cm³/mol. The summed E-state index contributed by atoms with van der Waals surface area (Å²) >= 11 is 0. The summed E-state index contributed by atoms with van der Waals surface area (Å²) in [5.41, 5.74) is 1.81. The van der Waals surface area contributed by atoms with Crippen LogP contribution in [0.25, 0.3) is 0 Å². The van der Waals surface area contributed by atoms with E-state index in [1.807, 2.05) is 6.07 Å². The van der Waals surface area contributed by atoms with Crippen molar-refractivity contribution in [3.8, 4) is 6.07 Å². The van der Waals surface area contributed by atoms with Crippen LogP contribution in [-0.4, -0.2) is 34.8 Å². The van der Waals surface area contributed by atoms with E-state index in [1.165, 1.54) is 0 Å². The van der Waals surface area contributed by atoms with Gasteiger partial charge in [0, 0.05) is 37.1 Å². The number of benzene rings is 1. The lowest BCUT2D eigenvalue weighted by molar-refractivity contribution is -0.121. The number of hydrogen-bond acceptors (Lipinski definition) is 4. The summed E-state index contributed by atoms with van der Waals surface area (Å²) in [7, 11) is 0. The van der Waals surface area contributed by atoms with Crippen molar-refractivity contribution < 1.29 is 9.59 Å². The molecule has 1 N–H and O–H groups in total. The summed E-state index contributed by atoms with van der Waals surface area (Å²) in [6.45, 7) is 1.11. The summed E-state index contributed by atoms with van der Waals surface area (Å²) in [5, 5.41) is 11.7. The molecule has 1 aliphatic rings. The fourth-order valence-corrected chi connectivity index (χ4v) is 2.89. The van der Waals surface area contributed by atoms with Gasteiger partial charge in [0.2, 0.25) is 5.91 Å². The Morgan fingerprint density at radius 3 is 2.48 bits per heavy atom. The Bertz CT molecular complexity index is 788. The number of nitrogens with one attached hydrogen (secondary N) is 1. The van der Waals surface area contributed by atoms with Gasteiger partial charge in [0.05, 0.1) is 17.2 Å². The van der Waals surface area contributed by atoms with Crippen LogP contribution in [0.2, 0.25) is 0 Å². The van der Waals surface area contributed by atoms with Gasteiger partial charge in [-0.15, -0.1) is 0 Å². The lowest BCUT2D eigenvalue weighted by Gasteiger charge is -2.31. The third-order valence-electron chi connectivity index (χ3n) is 4.34. The Balaban J connectivity index is 1.54. The van der Waals surface area contributed by atoms with Crippen LogP contribution in [-0.2, 0) is 4.79 Å². The molecule has 0 spiro atoms. The summed E-state index contributed by atoms with van der Waals surface area (Å²) < 4.78 is 0. The minimum Gasteiger partial charge on any atom is -0.339 e. The van der Waals surface area contributed by atoms with Gasteiger partial charge in [-0.05, 0) is 49.2 Å². The number of piperidine rings is 1. The molecule has 0 unspecified atom stereocenters. The molecular weight excluding hydrogens is 316 g/mol. The number of rotatable bonds is 3. The van der Waals surface area contributed by atoms with Gasteiger partial charge in [0.1, 0.15) is 0 Å². The number of nitrogens with zero attached hydrogens (tertiary/aromatic N) is 3. The largest absolute Gasteiger partial charge is 0.339 e. The molecule has 2 heterocycles. The molecule has 0 saturated carbocycles. The second-order valence-corrected chi connectivity index (χ2v) is 5.99. The Morgan fingerprint density at radius 2 is 1.88 bits per heavy atom. The Labute approximate surface area is 146 Å². The summed E-state index contributed by atoms with van der Waals surface area (Å²) in [6.07, 6.45) is 4.46. The molecule has 126 valence electrons. The molecule has 25 heavy (non-hydrogen) atoms.